The van der Waals surface area contributed by atoms with Crippen molar-refractivity contribution in [3.8, 4) is 0 Å². The van der Waals surface area contributed by atoms with E-state index >= 15 is 0 Å². The molecule has 1 saturated carbocycles. The van der Waals surface area contributed by atoms with Gasteiger partial charge in [0, 0.05) is 30.2 Å². The number of H-pyrrole nitrogens is 1. The van der Waals surface area contributed by atoms with E-state index < -0.39 is 0 Å². The van der Waals surface area contributed by atoms with Gasteiger partial charge in [-0.2, -0.15) is 5.10 Å². The zero-order chi connectivity index (χ0) is 18.4. The van der Waals surface area contributed by atoms with Gasteiger partial charge in [0.15, 0.2) is 0 Å². The highest BCUT2D eigenvalue weighted by Gasteiger charge is 2.46. The molecule has 0 radical (unpaired) electrons. The van der Waals surface area contributed by atoms with E-state index in [4.69, 9.17) is 0 Å². The SMILES string of the molecule is O=C1NC2(CCN(C(=O)c3cc(C4CC4)[nH]n3)CC2)C[C@H]1c1ccccc1. The van der Waals surface area contributed by atoms with E-state index in [1.54, 1.807) is 0 Å². The van der Waals surface area contributed by atoms with Crippen molar-refractivity contribution in [3.05, 3.63) is 53.3 Å². The van der Waals surface area contributed by atoms with Crippen molar-refractivity contribution in [2.75, 3.05) is 13.1 Å². The molecule has 2 saturated heterocycles. The van der Waals surface area contributed by atoms with Crippen LogP contribution >= 0.6 is 0 Å². The topological polar surface area (TPSA) is 78.1 Å². The standard InChI is InChI=1S/C21H24N4O2/c26-19-16(14-4-2-1-3-5-14)13-21(22-19)8-10-25(11-9-21)20(27)18-12-17(23-24-18)15-6-7-15/h1-5,12,15-16H,6-11,13H2,(H,22,26)(H,23,24)/t16-/m0/s1. The summed E-state index contributed by atoms with van der Waals surface area (Å²) >= 11 is 0. The third kappa shape index (κ3) is 3.03. The number of rotatable bonds is 3. The highest BCUT2D eigenvalue weighted by Crippen LogP contribution is 2.40. The van der Waals surface area contributed by atoms with Gasteiger partial charge in [-0.05, 0) is 43.7 Å². The van der Waals surface area contributed by atoms with Gasteiger partial charge in [0.1, 0.15) is 5.69 Å². The summed E-state index contributed by atoms with van der Waals surface area (Å²) in [7, 11) is 0. The quantitative estimate of drug-likeness (QED) is 0.879. The minimum absolute atomic E-state index is 0.00284. The summed E-state index contributed by atoms with van der Waals surface area (Å²) in [6.45, 7) is 1.32. The van der Waals surface area contributed by atoms with E-state index in [9.17, 15) is 9.59 Å². The molecular formula is C21H24N4O2. The second-order valence-electron chi connectivity index (χ2n) is 8.21. The van der Waals surface area contributed by atoms with E-state index in [0.717, 1.165) is 30.5 Å². The van der Waals surface area contributed by atoms with E-state index in [1.165, 1.54) is 12.8 Å². The molecule has 2 aliphatic heterocycles. The molecule has 2 amide bonds. The van der Waals surface area contributed by atoms with Crippen molar-refractivity contribution in [1.29, 1.82) is 0 Å². The zero-order valence-corrected chi connectivity index (χ0v) is 15.3. The summed E-state index contributed by atoms with van der Waals surface area (Å²) in [5, 5.41) is 10.5. The molecule has 1 aromatic heterocycles. The van der Waals surface area contributed by atoms with Gasteiger partial charge in [0.05, 0.1) is 5.92 Å². The van der Waals surface area contributed by atoms with Crippen LogP contribution in [0, 0.1) is 0 Å². The smallest absolute Gasteiger partial charge is 0.274 e. The van der Waals surface area contributed by atoms with Crippen LogP contribution in [0.15, 0.2) is 36.4 Å². The number of likely N-dealkylation sites (tertiary alicyclic amines) is 1. The second-order valence-corrected chi connectivity index (χ2v) is 8.21. The van der Waals surface area contributed by atoms with Crippen LogP contribution < -0.4 is 5.32 Å². The monoisotopic (exact) mass is 364 g/mol. The Morgan fingerprint density at radius 1 is 1.15 bits per heavy atom. The minimum atomic E-state index is -0.181. The number of benzene rings is 1. The van der Waals surface area contributed by atoms with Crippen LogP contribution in [-0.4, -0.2) is 45.5 Å². The molecule has 1 atom stereocenters. The lowest BCUT2D eigenvalue weighted by Crippen LogP contribution is -2.52. The maximum Gasteiger partial charge on any atom is 0.274 e. The zero-order valence-electron chi connectivity index (χ0n) is 15.3. The van der Waals surface area contributed by atoms with Gasteiger partial charge < -0.3 is 10.2 Å². The highest BCUT2D eigenvalue weighted by atomic mass is 16.2. The van der Waals surface area contributed by atoms with Crippen LogP contribution in [0.3, 0.4) is 0 Å². The summed E-state index contributed by atoms with van der Waals surface area (Å²) in [4.78, 5) is 27.2. The predicted octanol–water partition coefficient (Wildman–Crippen LogP) is 2.57. The number of amides is 2. The normalized spacial score (nSPS) is 24.2. The average Bonchev–Trinajstić information content (AvgIpc) is 3.34. The van der Waals surface area contributed by atoms with Gasteiger partial charge in [0.25, 0.3) is 5.91 Å². The van der Waals surface area contributed by atoms with Crippen LogP contribution in [0.1, 0.15) is 65.7 Å². The fourth-order valence-electron chi connectivity index (χ4n) is 4.52. The predicted molar refractivity (Wildman–Crippen MR) is 100 cm³/mol. The van der Waals surface area contributed by atoms with Gasteiger partial charge >= 0.3 is 0 Å². The van der Waals surface area contributed by atoms with Crippen molar-refractivity contribution >= 4 is 11.8 Å². The van der Waals surface area contributed by atoms with Gasteiger partial charge in [-0.1, -0.05) is 30.3 Å². The molecule has 6 nitrogen and oxygen atoms in total. The maximum atomic E-state index is 12.8. The van der Waals surface area contributed by atoms with Gasteiger partial charge in [0.2, 0.25) is 5.91 Å². The number of nitrogens with one attached hydrogen (secondary N) is 2. The fraction of sp³-hybridized carbons (Fsp3) is 0.476. The molecule has 1 spiro atoms. The van der Waals surface area contributed by atoms with Crippen LogP contribution in [0.4, 0.5) is 0 Å². The summed E-state index contributed by atoms with van der Waals surface area (Å²) in [5.41, 5.74) is 2.50. The van der Waals surface area contributed by atoms with Crippen LogP contribution in [-0.2, 0) is 4.79 Å². The van der Waals surface area contributed by atoms with Gasteiger partial charge in [-0.25, -0.2) is 0 Å². The average molecular weight is 364 g/mol. The number of piperidine rings is 1. The first-order chi connectivity index (χ1) is 13.1. The molecule has 6 heteroatoms. The molecule has 2 N–H and O–H groups in total. The van der Waals surface area contributed by atoms with Crippen molar-refractivity contribution in [2.24, 2.45) is 0 Å². The number of carbonyl (C=O) groups is 2. The molecule has 3 fully saturated rings. The number of hydrogen-bond acceptors (Lipinski definition) is 3. The van der Waals surface area contributed by atoms with E-state index in [1.807, 2.05) is 41.3 Å². The number of nitrogens with zero attached hydrogens (tertiary/aromatic N) is 2. The van der Waals surface area contributed by atoms with Crippen molar-refractivity contribution in [2.45, 2.75) is 49.5 Å². The van der Waals surface area contributed by atoms with Crippen molar-refractivity contribution in [3.63, 3.8) is 0 Å². The Hall–Kier alpha value is -2.63. The Morgan fingerprint density at radius 2 is 1.89 bits per heavy atom. The van der Waals surface area contributed by atoms with Crippen LogP contribution in [0.5, 0.6) is 0 Å². The summed E-state index contributed by atoms with van der Waals surface area (Å²) < 4.78 is 0. The first kappa shape index (κ1) is 16.5. The van der Waals surface area contributed by atoms with Crippen LogP contribution in [0.2, 0.25) is 0 Å². The van der Waals surface area contributed by atoms with Gasteiger partial charge in [-0.15, -0.1) is 0 Å². The van der Waals surface area contributed by atoms with E-state index in [2.05, 4.69) is 15.5 Å². The molecule has 3 aliphatic rings. The second kappa shape index (κ2) is 6.22. The number of aromatic nitrogens is 2. The first-order valence-electron chi connectivity index (χ1n) is 9.85. The van der Waals surface area contributed by atoms with Crippen LogP contribution in [0.25, 0.3) is 0 Å². The van der Waals surface area contributed by atoms with Crippen molar-refractivity contribution < 1.29 is 9.59 Å². The summed E-state index contributed by atoms with van der Waals surface area (Å²) in [5.74, 6) is 0.590. The first-order valence-corrected chi connectivity index (χ1v) is 9.85. The van der Waals surface area contributed by atoms with Crippen molar-refractivity contribution in [1.82, 2.24) is 20.4 Å². The largest absolute Gasteiger partial charge is 0.350 e. The lowest BCUT2D eigenvalue weighted by Gasteiger charge is -2.39. The molecule has 0 bridgehead atoms. The molecule has 5 rings (SSSR count). The third-order valence-electron chi connectivity index (χ3n) is 6.34. The number of hydrogen-bond donors (Lipinski definition) is 2. The summed E-state index contributed by atoms with van der Waals surface area (Å²) in [6, 6.07) is 11.9. The molecule has 2 aromatic rings. The fourth-order valence-corrected chi connectivity index (χ4v) is 4.52. The Kier molecular flexibility index (Phi) is 3.81. The Bertz CT molecular complexity index is 863. The summed E-state index contributed by atoms with van der Waals surface area (Å²) in [6.07, 6.45) is 4.78. The third-order valence-corrected chi connectivity index (χ3v) is 6.34. The highest BCUT2D eigenvalue weighted by molar-refractivity contribution is 5.92. The lowest BCUT2D eigenvalue weighted by molar-refractivity contribution is -0.121. The Balaban J connectivity index is 1.24. The van der Waals surface area contributed by atoms with E-state index in [-0.39, 0.29) is 23.3 Å². The van der Waals surface area contributed by atoms with E-state index in [0.29, 0.717) is 24.7 Å². The molecule has 1 aliphatic carbocycles. The molecular weight excluding hydrogens is 340 g/mol. The molecule has 3 heterocycles. The molecule has 0 unspecified atom stereocenters. The number of aromatic amines is 1. The molecule has 1 aromatic carbocycles. The minimum Gasteiger partial charge on any atom is -0.350 e. The Morgan fingerprint density at radius 3 is 2.59 bits per heavy atom. The number of carbonyl (C=O) groups excluding carboxylic acids is 2. The molecule has 140 valence electrons. The van der Waals surface area contributed by atoms with Gasteiger partial charge in [-0.3, -0.25) is 14.7 Å². The molecule has 27 heavy (non-hydrogen) atoms. The maximum absolute atomic E-state index is 12.8. The lowest BCUT2D eigenvalue weighted by atomic mass is 9.82. The Labute approximate surface area is 158 Å².